The Hall–Kier alpha value is -0.940. The predicted octanol–water partition coefficient (Wildman–Crippen LogP) is 1.90. The number of aromatic nitrogens is 3. The topological polar surface area (TPSA) is 46.0 Å². The zero-order valence-electron chi connectivity index (χ0n) is 13.2. The standard InChI is InChI=1S/C15H29N5/c1-4-15(5-2)7-8-19(13-15)9-10-20-12-14(17-18-20)11-16-6-3/h12,16H,4-11,13H2,1-3H3. The van der Waals surface area contributed by atoms with Gasteiger partial charge in [-0.25, -0.2) is 0 Å². The van der Waals surface area contributed by atoms with E-state index < -0.39 is 0 Å². The van der Waals surface area contributed by atoms with Gasteiger partial charge in [0, 0.05) is 25.8 Å². The van der Waals surface area contributed by atoms with Gasteiger partial charge in [0.05, 0.1) is 12.2 Å². The second kappa shape index (κ2) is 7.18. The molecule has 0 spiro atoms. The van der Waals surface area contributed by atoms with E-state index in [4.69, 9.17) is 0 Å². The van der Waals surface area contributed by atoms with E-state index in [1.807, 2.05) is 4.68 Å². The van der Waals surface area contributed by atoms with Gasteiger partial charge in [-0.15, -0.1) is 5.10 Å². The van der Waals surface area contributed by atoms with Crippen molar-refractivity contribution in [3.8, 4) is 0 Å². The van der Waals surface area contributed by atoms with Gasteiger partial charge in [-0.05, 0) is 37.8 Å². The number of hydrogen-bond acceptors (Lipinski definition) is 4. The lowest BCUT2D eigenvalue weighted by Gasteiger charge is -2.26. The number of nitrogens with one attached hydrogen (secondary N) is 1. The van der Waals surface area contributed by atoms with Crippen LogP contribution >= 0.6 is 0 Å². The fourth-order valence-corrected chi connectivity index (χ4v) is 3.07. The number of rotatable bonds is 8. The predicted molar refractivity (Wildman–Crippen MR) is 81.5 cm³/mol. The van der Waals surface area contributed by atoms with Gasteiger partial charge in [0.2, 0.25) is 0 Å². The van der Waals surface area contributed by atoms with Gasteiger partial charge in [-0.2, -0.15) is 0 Å². The highest BCUT2D eigenvalue weighted by Gasteiger charge is 2.34. The van der Waals surface area contributed by atoms with Crippen molar-refractivity contribution in [1.82, 2.24) is 25.2 Å². The summed E-state index contributed by atoms with van der Waals surface area (Å²) in [6, 6.07) is 0. The summed E-state index contributed by atoms with van der Waals surface area (Å²) in [5.74, 6) is 0. The average molecular weight is 279 g/mol. The second-order valence-electron chi connectivity index (χ2n) is 5.99. The molecule has 0 saturated carbocycles. The van der Waals surface area contributed by atoms with Crippen LogP contribution < -0.4 is 5.32 Å². The molecule has 0 unspecified atom stereocenters. The van der Waals surface area contributed by atoms with Crippen LogP contribution in [-0.4, -0.2) is 46.1 Å². The Bertz CT molecular complexity index is 397. The van der Waals surface area contributed by atoms with Crippen LogP contribution in [0.1, 0.15) is 45.7 Å². The summed E-state index contributed by atoms with van der Waals surface area (Å²) < 4.78 is 1.98. The van der Waals surface area contributed by atoms with E-state index in [9.17, 15) is 0 Å². The molecule has 0 atom stereocenters. The van der Waals surface area contributed by atoms with E-state index in [2.05, 4.69) is 47.5 Å². The monoisotopic (exact) mass is 279 g/mol. The highest BCUT2D eigenvalue weighted by molar-refractivity contribution is 4.92. The highest BCUT2D eigenvalue weighted by Crippen LogP contribution is 2.36. The summed E-state index contributed by atoms with van der Waals surface area (Å²) in [4.78, 5) is 2.58. The van der Waals surface area contributed by atoms with Crippen LogP contribution in [-0.2, 0) is 13.1 Å². The zero-order valence-corrected chi connectivity index (χ0v) is 13.2. The fourth-order valence-electron chi connectivity index (χ4n) is 3.07. The summed E-state index contributed by atoms with van der Waals surface area (Å²) in [6.45, 7) is 13.1. The maximum atomic E-state index is 4.21. The molecular formula is C15H29N5. The van der Waals surface area contributed by atoms with Gasteiger partial charge in [-0.3, -0.25) is 4.68 Å². The molecule has 114 valence electrons. The third kappa shape index (κ3) is 3.79. The Morgan fingerprint density at radius 2 is 2.05 bits per heavy atom. The number of nitrogens with zero attached hydrogens (tertiary/aromatic N) is 4. The van der Waals surface area contributed by atoms with Crippen molar-refractivity contribution in [1.29, 1.82) is 0 Å². The minimum atomic E-state index is 0.568. The molecule has 5 heteroatoms. The molecule has 1 fully saturated rings. The Labute approximate surface area is 122 Å². The van der Waals surface area contributed by atoms with Gasteiger partial charge >= 0.3 is 0 Å². The summed E-state index contributed by atoms with van der Waals surface area (Å²) in [6.07, 6.45) is 6.01. The molecule has 1 aromatic rings. The van der Waals surface area contributed by atoms with Crippen LogP contribution in [0.4, 0.5) is 0 Å². The summed E-state index contributed by atoms with van der Waals surface area (Å²) >= 11 is 0. The third-order valence-electron chi connectivity index (χ3n) is 4.80. The van der Waals surface area contributed by atoms with Crippen LogP contribution in [0.15, 0.2) is 6.20 Å². The average Bonchev–Trinajstić information content (AvgIpc) is 3.10. The molecule has 0 bridgehead atoms. The van der Waals surface area contributed by atoms with Crippen molar-refractivity contribution < 1.29 is 0 Å². The van der Waals surface area contributed by atoms with Gasteiger partial charge in [0.1, 0.15) is 0 Å². The van der Waals surface area contributed by atoms with Gasteiger partial charge in [-0.1, -0.05) is 26.0 Å². The molecular weight excluding hydrogens is 250 g/mol. The second-order valence-corrected chi connectivity index (χ2v) is 5.99. The van der Waals surface area contributed by atoms with E-state index in [0.29, 0.717) is 5.41 Å². The van der Waals surface area contributed by atoms with E-state index >= 15 is 0 Å². The van der Waals surface area contributed by atoms with E-state index in [1.165, 1.54) is 32.4 Å². The van der Waals surface area contributed by atoms with Crippen molar-refractivity contribution in [2.45, 2.75) is 53.1 Å². The molecule has 0 amide bonds. The van der Waals surface area contributed by atoms with Crippen LogP contribution in [0.25, 0.3) is 0 Å². The molecule has 0 aliphatic carbocycles. The molecule has 1 saturated heterocycles. The van der Waals surface area contributed by atoms with Crippen molar-refractivity contribution in [2.75, 3.05) is 26.2 Å². The van der Waals surface area contributed by atoms with Gasteiger partial charge in [0.25, 0.3) is 0 Å². The lowest BCUT2D eigenvalue weighted by Crippen LogP contribution is -2.29. The number of hydrogen-bond donors (Lipinski definition) is 1. The Morgan fingerprint density at radius 1 is 1.25 bits per heavy atom. The summed E-state index contributed by atoms with van der Waals surface area (Å²) in [5.41, 5.74) is 1.60. The highest BCUT2D eigenvalue weighted by atomic mass is 15.4. The number of likely N-dealkylation sites (tertiary alicyclic amines) is 1. The maximum absolute atomic E-state index is 4.21. The van der Waals surface area contributed by atoms with Crippen molar-refractivity contribution in [3.05, 3.63) is 11.9 Å². The fraction of sp³-hybridized carbons (Fsp3) is 0.867. The summed E-state index contributed by atoms with van der Waals surface area (Å²) in [5, 5.41) is 11.7. The minimum Gasteiger partial charge on any atom is -0.311 e. The molecule has 0 radical (unpaired) electrons. The largest absolute Gasteiger partial charge is 0.311 e. The lowest BCUT2D eigenvalue weighted by molar-refractivity contribution is 0.233. The summed E-state index contributed by atoms with van der Waals surface area (Å²) in [7, 11) is 0. The lowest BCUT2D eigenvalue weighted by atomic mass is 9.82. The first-order valence-electron chi connectivity index (χ1n) is 8.03. The van der Waals surface area contributed by atoms with Crippen molar-refractivity contribution >= 4 is 0 Å². The van der Waals surface area contributed by atoms with Crippen molar-refractivity contribution in [3.63, 3.8) is 0 Å². The van der Waals surface area contributed by atoms with Crippen LogP contribution in [0.5, 0.6) is 0 Å². The van der Waals surface area contributed by atoms with E-state index in [-0.39, 0.29) is 0 Å². The Balaban J connectivity index is 1.77. The van der Waals surface area contributed by atoms with Gasteiger partial charge < -0.3 is 10.2 Å². The Kier molecular flexibility index (Phi) is 5.54. The first kappa shape index (κ1) is 15.4. The van der Waals surface area contributed by atoms with Crippen LogP contribution in [0.3, 0.4) is 0 Å². The van der Waals surface area contributed by atoms with Crippen LogP contribution in [0.2, 0.25) is 0 Å². The van der Waals surface area contributed by atoms with Gasteiger partial charge in [0.15, 0.2) is 0 Å². The molecule has 1 N–H and O–H groups in total. The molecule has 2 rings (SSSR count). The quantitative estimate of drug-likeness (QED) is 0.789. The normalized spacial score (nSPS) is 18.8. The maximum Gasteiger partial charge on any atom is 0.0964 e. The molecule has 1 aliphatic rings. The first-order chi connectivity index (χ1) is 9.71. The van der Waals surface area contributed by atoms with E-state index in [0.717, 1.165) is 31.9 Å². The minimum absolute atomic E-state index is 0.568. The molecule has 5 nitrogen and oxygen atoms in total. The molecule has 20 heavy (non-hydrogen) atoms. The SMILES string of the molecule is CCNCc1cn(CCN2CCC(CC)(CC)C2)nn1. The van der Waals surface area contributed by atoms with Crippen molar-refractivity contribution in [2.24, 2.45) is 5.41 Å². The van der Waals surface area contributed by atoms with E-state index in [1.54, 1.807) is 0 Å². The smallest absolute Gasteiger partial charge is 0.0964 e. The molecule has 1 aliphatic heterocycles. The Morgan fingerprint density at radius 3 is 2.70 bits per heavy atom. The molecule has 0 aromatic carbocycles. The zero-order chi connectivity index (χ0) is 14.4. The van der Waals surface area contributed by atoms with Crippen LogP contribution in [0, 0.1) is 5.41 Å². The molecule has 2 heterocycles. The third-order valence-corrected chi connectivity index (χ3v) is 4.80. The molecule has 1 aromatic heterocycles. The first-order valence-corrected chi connectivity index (χ1v) is 8.03.